The highest BCUT2D eigenvalue weighted by Gasteiger charge is 2.40. The topological polar surface area (TPSA) is 55.6 Å². The van der Waals surface area contributed by atoms with Gasteiger partial charge in [-0.25, -0.2) is 0 Å². The number of likely N-dealkylation sites (N-methyl/N-ethyl adjacent to an activating group) is 1. The summed E-state index contributed by atoms with van der Waals surface area (Å²) in [7, 11) is 1.76. The van der Waals surface area contributed by atoms with E-state index in [1.54, 1.807) is 11.9 Å². The molecule has 0 bridgehead atoms. The van der Waals surface area contributed by atoms with E-state index in [-0.39, 0.29) is 5.91 Å². The second kappa shape index (κ2) is 5.08. The molecule has 0 aliphatic carbocycles. The van der Waals surface area contributed by atoms with Gasteiger partial charge < -0.3 is 15.4 Å². The van der Waals surface area contributed by atoms with Crippen LogP contribution < -0.4 is 10.6 Å². The van der Waals surface area contributed by atoms with Gasteiger partial charge in [0.1, 0.15) is 5.54 Å². The standard InChI is InChI=1S/C14H20N2O2/c1-3-11-4-6-12(7-5-11)16(2)13(17)14(15)8-9-18-10-14/h4-7H,3,8-10,15H2,1-2H3. The number of nitrogens with two attached hydrogens (primary N) is 1. The Morgan fingerprint density at radius 2 is 2.11 bits per heavy atom. The van der Waals surface area contributed by atoms with Gasteiger partial charge in [0.2, 0.25) is 5.91 Å². The molecule has 1 fully saturated rings. The van der Waals surface area contributed by atoms with Crippen molar-refractivity contribution >= 4 is 11.6 Å². The first-order valence-corrected chi connectivity index (χ1v) is 6.30. The second-order valence-electron chi connectivity index (χ2n) is 4.84. The summed E-state index contributed by atoms with van der Waals surface area (Å²) in [5.74, 6) is -0.0794. The number of benzene rings is 1. The normalized spacial score (nSPS) is 23.1. The van der Waals surface area contributed by atoms with Crippen LogP contribution in [0.15, 0.2) is 24.3 Å². The van der Waals surface area contributed by atoms with E-state index in [1.165, 1.54) is 5.56 Å². The van der Waals surface area contributed by atoms with Gasteiger partial charge in [-0.15, -0.1) is 0 Å². The summed E-state index contributed by atoms with van der Waals surface area (Å²) in [6, 6.07) is 7.98. The van der Waals surface area contributed by atoms with Crippen LogP contribution in [0.4, 0.5) is 5.69 Å². The molecule has 1 amide bonds. The fourth-order valence-corrected chi connectivity index (χ4v) is 2.16. The lowest BCUT2D eigenvalue weighted by molar-refractivity contribution is -0.123. The first-order valence-electron chi connectivity index (χ1n) is 6.30. The summed E-state index contributed by atoms with van der Waals surface area (Å²) in [6.07, 6.45) is 1.58. The maximum absolute atomic E-state index is 12.3. The zero-order valence-electron chi connectivity index (χ0n) is 11.0. The maximum Gasteiger partial charge on any atom is 0.249 e. The van der Waals surface area contributed by atoms with Gasteiger partial charge in [-0.1, -0.05) is 19.1 Å². The van der Waals surface area contributed by atoms with Gasteiger partial charge >= 0.3 is 0 Å². The fraction of sp³-hybridized carbons (Fsp3) is 0.500. The summed E-state index contributed by atoms with van der Waals surface area (Å²) in [5.41, 5.74) is 7.34. The Morgan fingerprint density at radius 1 is 1.44 bits per heavy atom. The van der Waals surface area contributed by atoms with Gasteiger partial charge in [0.25, 0.3) is 0 Å². The molecule has 1 aromatic carbocycles. The summed E-state index contributed by atoms with van der Waals surface area (Å²) >= 11 is 0. The minimum atomic E-state index is -0.863. The summed E-state index contributed by atoms with van der Waals surface area (Å²) in [6.45, 7) is 2.97. The van der Waals surface area contributed by atoms with Gasteiger partial charge in [-0.05, 0) is 30.5 Å². The molecular weight excluding hydrogens is 228 g/mol. The second-order valence-corrected chi connectivity index (χ2v) is 4.84. The average molecular weight is 248 g/mol. The number of rotatable bonds is 3. The molecule has 1 aromatic rings. The number of anilines is 1. The molecule has 0 radical (unpaired) electrons. The number of ether oxygens (including phenoxy) is 1. The first-order chi connectivity index (χ1) is 8.57. The zero-order chi connectivity index (χ0) is 13.2. The van der Waals surface area contributed by atoms with Crippen LogP contribution in [0, 0.1) is 0 Å². The van der Waals surface area contributed by atoms with E-state index in [0.29, 0.717) is 19.6 Å². The lowest BCUT2D eigenvalue weighted by atomic mass is 9.98. The lowest BCUT2D eigenvalue weighted by Crippen LogP contribution is -2.55. The highest BCUT2D eigenvalue weighted by molar-refractivity contribution is 6.00. The highest BCUT2D eigenvalue weighted by atomic mass is 16.5. The van der Waals surface area contributed by atoms with Gasteiger partial charge in [0, 0.05) is 19.3 Å². The van der Waals surface area contributed by atoms with Crippen molar-refractivity contribution in [1.82, 2.24) is 0 Å². The molecule has 1 heterocycles. The Balaban J connectivity index is 2.14. The van der Waals surface area contributed by atoms with Crippen LogP contribution in [-0.4, -0.2) is 31.7 Å². The molecule has 4 nitrogen and oxygen atoms in total. The molecule has 2 rings (SSSR count). The van der Waals surface area contributed by atoms with Crippen LogP contribution in [0.2, 0.25) is 0 Å². The molecule has 1 aliphatic heterocycles. The summed E-state index contributed by atoms with van der Waals surface area (Å²) in [4.78, 5) is 14.0. The third-order valence-electron chi connectivity index (χ3n) is 3.51. The fourth-order valence-electron chi connectivity index (χ4n) is 2.16. The van der Waals surface area contributed by atoms with Crippen molar-refractivity contribution in [2.45, 2.75) is 25.3 Å². The Morgan fingerprint density at radius 3 is 2.61 bits per heavy atom. The number of hydrogen-bond donors (Lipinski definition) is 1. The van der Waals surface area contributed by atoms with E-state index in [4.69, 9.17) is 10.5 Å². The Bertz CT molecular complexity index is 422. The Hall–Kier alpha value is -1.39. The monoisotopic (exact) mass is 248 g/mol. The molecule has 1 unspecified atom stereocenters. The van der Waals surface area contributed by atoms with E-state index in [0.717, 1.165) is 12.1 Å². The van der Waals surface area contributed by atoms with Crippen molar-refractivity contribution in [2.24, 2.45) is 5.73 Å². The molecule has 1 aliphatic rings. The summed E-state index contributed by atoms with van der Waals surface area (Å²) in [5, 5.41) is 0. The van der Waals surface area contributed by atoms with Crippen LogP contribution in [0.5, 0.6) is 0 Å². The molecule has 0 aromatic heterocycles. The largest absolute Gasteiger partial charge is 0.379 e. The smallest absolute Gasteiger partial charge is 0.249 e. The number of hydrogen-bond acceptors (Lipinski definition) is 3. The maximum atomic E-state index is 12.3. The minimum Gasteiger partial charge on any atom is -0.379 e. The Labute approximate surface area is 108 Å². The molecule has 18 heavy (non-hydrogen) atoms. The number of nitrogens with zero attached hydrogens (tertiary/aromatic N) is 1. The van der Waals surface area contributed by atoms with E-state index in [2.05, 4.69) is 6.92 Å². The number of carbonyl (C=O) groups excluding carboxylic acids is 1. The number of amides is 1. The van der Waals surface area contributed by atoms with Crippen LogP contribution in [-0.2, 0) is 16.0 Å². The van der Waals surface area contributed by atoms with Gasteiger partial charge in [0.05, 0.1) is 6.61 Å². The van der Waals surface area contributed by atoms with Crippen molar-refractivity contribution < 1.29 is 9.53 Å². The van der Waals surface area contributed by atoms with E-state index in [1.807, 2.05) is 24.3 Å². The first kappa shape index (κ1) is 13.1. The molecule has 4 heteroatoms. The van der Waals surface area contributed by atoms with E-state index in [9.17, 15) is 4.79 Å². The third-order valence-corrected chi connectivity index (χ3v) is 3.51. The lowest BCUT2D eigenvalue weighted by Gasteiger charge is -2.27. The molecule has 1 saturated heterocycles. The number of aryl methyl sites for hydroxylation is 1. The zero-order valence-corrected chi connectivity index (χ0v) is 11.0. The van der Waals surface area contributed by atoms with Crippen molar-refractivity contribution in [3.63, 3.8) is 0 Å². The molecule has 1 atom stereocenters. The predicted octanol–water partition coefficient (Wildman–Crippen LogP) is 1.33. The molecule has 98 valence electrons. The minimum absolute atomic E-state index is 0.0794. The predicted molar refractivity (Wildman–Crippen MR) is 71.6 cm³/mol. The van der Waals surface area contributed by atoms with Gasteiger partial charge in [-0.3, -0.25) is 4.79 Å². The van der Waals surface area contributed by atoms with Crippen molar-refractivity contribution in [3.05, 3.63) is 29.8 Å². The quantitative estimate of drug-likeness (QED) is 0.878. The van der Waals surface area contributed by atoms with Crippen LogP contribution in [0.3, 0.4) is 0 Å². The van der Waals surface area contributed by atoms with Crippen LogP contribution in [0.1, 0.15) is 18.9 Å². The van der Waals surface area contributed by atoms with Crippen LogP contribution >= 0.6 is 0 Å². The third kappa shape index (κ3) is 2.40. The Kier molecular flexibility index (Phi) is 3.68. The van der Waals surface area contributed by atoms with Crippen molar-refractivity contribution in [3.8, 4) is 0 Å². The van der Waals surface area contributed by atoms with Crippen LogP contribution in [0.25, 0.3) is 0 Å². The van der Waals surface area contributed by atoms with Crippen molar-refractivity contribution in [2.75, 3.05) is 25.2 Å². The molecule has 0 spiro atoms. The molecule has 2 N–H and O–H groups in total. The van der Waals surface area contributed by atoms with Gasteiger partial charge in [-0.2, -0.15) is 0 Å². The molecule has 0 saturated carbocycles. The van der Waals surface area contributed by atoms with E-state index >= 15 is 0 Å². The SMILES string of the molecule is CCc1ccc(N(C)C(=O)C2(N)CCOC2)cc1. The number of carbonyl (C=O) groups is 1. The van der Waals surface area contributed by atoms with E-state index < -0.39 is 5.54 Å². The summed E-state index contributed by atoms with van der Waals surface area (Å²) < 4.78 is 5.23. The molecular formula is C14H20N2O2. The highest BCUT2D eigenvalue weighted by Crippen LogP contribution is 2.22. The average Bonchev–Trinajstić information content (AvgIpc) is 2.85. The van der Waals surface area contributed by atoms with Crippen molar-refractivity contribution in [1.29, 1.82) is 0 Å². The van der Waals surface area contributed by atoms with Gasteiger partial charge in [0.15, 0.2) is 0 Å².